The SMILES string of the molecule is CCC(/C=C/C(C)C1CCC2C3CCC4C[C@@H](OC(C)=O)CCC4C3CCC12C)C(C)C. The van der Waals surface area contributed by atoms with E-state index in [1.54, 1.807) is 6.92 Å². The molecule has 4 saturated carbocycles. The molecule has 0 aromatic heterocycles. The highest BCUT2D eigenvalue weighted by Crippen LogP contribution is 2.65. The molecule has 0 N–H and O–H groups in total. The van der Waals surface area contributed by atoms with E-state index in [1.807, 2.05) is 0 Å². The lowest BCUT2D eigenvalue weighted by molar-refractivity contribution is -0.152. The fourth-order valence-corrected chi connectivity index (χ4v) is 9.34. The average Bonchev–Trinajstić information content (AvgIpc) is 3.10. The van der Waals surface area contributed by atoms with Crippen LogP contribution in [0.2, 0.25) is 0 Å². The van der Waals surface area contributed by atoms with Gasteiger partial charge in [-0.15, -0.1) is 0 Å². The fourth-order valence-electron chi connectivity index (χ4n) is 9.34. The summed E-state index contributed by atoms with van der Waals surface area (Å²) >= 11 is 0. The normalized spacial score (nSPS) is 43.4. The molecule has 4 fully saturated rings. The van der Waals surface area contributed by atoms with Gasteiger partial charge >= 0.3 is 5.97 Å². The minimum atomic E-state index is -0.0885. The molecule has 0 heterocycles. The zero-order valence-corrected chi connectivity index (χ0v) is 21.8. The highest BCUT2D eigenvalue weighted by Gasteiger charge is 2.57. The third-order valence-electron chi connectivity index (χ3n) is 10.9. The number of esters is 1. The van der Waals surface area contributed by atoms with Gasteiger partial charge in [0.15, 0.2) is 0 Å². The maximum atomic E-state index is 11.5. The Kier molecular flexibility index (Phi) is 7.48. The van der Waals surface area contributed by atoms with E-state index in [1.165, 1.54) is 51.4 Å². The summed E-state index contributed by atoms with van der Waals surface area (Å²) in [4.78, 5) is 11.5. The standard InChI is InChI=1S/C30H50O2/c1-7-22(19(2)3)9-8-20(4)28-14-15-29-27-12-10-23-18-24(32-21(5)31)11-13-25(23)26(27)16-17-30(28,29)6/h8-9,19-20,22-29H,7,10-18H2,1-6H3/b9-8+/t20?,22?,23?,24-,25?,26?,27?,28?,29?,30?/m0/s1. The molecular formula is C30H50O2. The van der Waals surface area contributed by atoms with Gasteiger partial charge in [-0.05, 0) is 123 Å². The molecule has 2 heteroatoms. The summed E-state index contributed by atoms with van der Waals surface area (Å²) < 4.78 is 5.62. The summed E-state index contributed by atoms with van der Waals surface area (Å²) in [7, 11) is 0. The summed E-state index contributed by atoms with van der Waals surface area (Å²) in [6.07, 6.45) is 18.8. The zero-order chi connectivity index (χ0) is 23.0. The van der Waals surface area contributed by atoms with Crippen LogP contribution in [0.25, 0.3) is 0 Å². The third kappa shape index (κ3) is 4.58. The molecule has 32 heavy (non-hydrogen) atoms. The van der Waals surface area contributed by atoms with Gasteiger partial charge in [0.2, 0.25) is 0 Å². The first-order chi connectivity index (χ1) is 15.2. The second-order valence-electron chi connectivity index (χ2n) is 12.8. The van der Waals surface area contributed by atoms with Crippen LogP contribution in [-0.2, 0) is 9.53 Å². The van der Waals surface area contributed by atoms with Crippen LogP contribution in [0.5, 0.6) is 0 Å². The Morgan fingerprint density at radius 1 is 0.969 bits per heavy atom. The van der Waals surface area contributed by atoms with Crippen molar-refractivity contribution in [3.8, 4) is 0 Å². The number of allylic oxidation sites excluding steroid dienone is 2. The number of ether oxygens (including phenoxy) is 1. The molecule has 0 aliphatic heterocycles. The van der Waals surface area contributed by atoms with Crippen molar-refractivity contribution in [2.24, 2.45) is 58.7 Å². The fraction of sp³-hybridized carbons (Fsp3) is 0.900. The molecule has 0 bridgehead atoms. The van der Waals surface area contributed by atoms with E-state index in [0.29, 0.717) is 11.3 Å². The Bertz CT molecular complexity index is 680. The molecule has 0 aromatic rings. The summed E-state index contributed by atoms with van der Waals surface area (Å²) in [5.41, 5.74) is 0.548. The Morgan fingerprint density at radius 3 is 2.41 bits per heavy atom. The number of carbonyl (C=O) groups is 1. The third-order valence-corrected chi connectivity index (χ3v) is 10.9. The summed E-state index contributed by atoms with van der Waals surface area (Å²) in [5.74, 6) is 7.53. The molecule has 0 aromatic carbocycles. The first-order valence-electron chi connectivity index (χ1n) is 14.1. The van der Waals surface area contributed by atoms with Crippen molar-refractivity contribution in [1.29, 1.82) is 0 Å². The minimum absolute atomic E-state index is 0.0885. The van der Waals surface area contributed by atoms with Crippen molar-refractivity contribution in [2.45, 2.75) is 112 Å². The van der Waals surface area contributed by atoms with Crippen molar-refractivity contribution in [2.75, 3.05) is 0 Å². The van der Waals surface area contributed by atoms with Gasteiger partial charge in [-0.3, -0.25) is 4.79 Å². The monoisotopic (exact) mass is 442 g/mol. The zero-order valence-electron chi connectivity index (χ0n) is 21.8. The first kappa shape index (κ1) is 24.3. The van der Waals surface area contributed by atoms with E-state index < -0.39 is 0 Å². The van der Waals surface area contributed by atoms with Crippen molar-refractivity contribution in [1.82, 2.24) is 0 Å². The van der Waals surface area contributed by atoms with Crippen LogP contribution >= 0.6 is 0 Å². The van der Waals surface area contributed by atoms with Crippen molar-refractivity contribution >= 4 is 5.97 Å². The molecule has 0 spiro atoms. The lowest BCUT2D eigenvalue weighted by Crippen LogP contribution is -2.49. The van der Waals surface area contributed by atoms with E-state index in [0.717, 1.165) is 60.2 Å². The van der Waals surface area contributed by atoms with Crippen LogP contribution in [0.3, 0.4) is 0 Å². The van der Waals surface area contributed by atoms with Crippen LogP contribution in [0, 0.1) is 58.7 Å². The Labute approximate surface area is 198 Å². The molecule has 9 unspecified atom stereocenters. The van der Waals surface area contributed by atoms with Gasteiger partial charge in [0.1, 0.15) is 6.10 Å². The predicted octanol–water partition coefficient (Wildman–Crippen LogP) is 8.06. The van der Waals surface area contributed by atoms with E-state index in [4.69, 9.17) is 4.74 Å². The molecule has 4 aliphatic carbocycles. The first-order valence-corrected chi connectivity index (χ1v) is 14.1. The van der Waals surface area contributed by atoms with Gasteiger partial charge in [0.05, 0.1) is 0 Å². The van der Waals surface area contributed by atoms with Gasteiger partial charge in [-0.25, -0.2) is 0 Å². The van der Waals surface area contributed by atoms with Crippen LogP contribution in [0.1, 0.15) is 106 Å². The van der Waals surface area contributed by atoms with Crippen LogP contribution in [0.4, 0.5) is 0 Å². The topological polar surface area (TPSA) is 26.3 Å². The number of fused-ring (bicyclic) bond motifs is 5. The van der Waals surface area contributed by atoms with E-state index in [9.17, 15) is 4.79 Å². The average molecular weight is 443 g/mol. The van der Waals surface area contributed by atoms with Crippen LogP contribution < -0.4 is 0 Å². The maximum absolute atomic E-state index is 11.5. The highest BCUT2D eigenvalue weighted by atomic mass is 16.5. The maximum Gasteiger partial charge on any atom is 0.302 e. The van der Waals surface area contributed by atoms with Crippen LogP contribution in [0.15, 0.2) is 12.2 Å². The Morgan fingerprint density at radius 2 is 1.72 bits per heavy atom. The molecule has 2 nitrogen and oxygen atoms in total. The molecule has 4 rings (SSSR count). The second kappa shape index (κ2) is 9.83. The summed E-state index contributed by atoms with van der Waals surface area (Å²) in [6.45, 7) is 13.8. The number of rotatable bonds is 6. The smallest absolute Gasteiger partial charge is 0.302 e. The molecular weight excluding hydrogens is 392 g/mol. The highest BCUT2D eigenvalue weighted by molar-refractivity contribution is 5.66. The second-order valence-corrected chi connectivity index (χ2v) is 12.8. The Hall–Kier alpha value is -0.790. The largest absolute Gasteiger partial charge is 0.463 e. The number of hydrogen-bond acceptors (Lipinski definition) is 2. The molecule has 0 saturated heterocycles. The van der Waals surface area contributed by atoms with Crippen molar-refractivity contribution < 1.29 is 9.53 Å². The number of hydrogen-bond donors (Lipinski definition) is 0. The lowest BCUT2D eigenvalue weighted by atomic mass is 9.49. The van der Waals surface area contributed by atoms with Gasteiger partial charge in [-0.2, -0.15) is 0 Å². The van der Waals surface area contributed by atoms with E-state index in [2.05, 4.69) is 46.8 Å². The quantitative estimate of drug-likeness (QED) is 0.307. The number of carbonyl (C=O) groups excluding carboxylic acids is 1. The van der Waals surface area contributed by atoms with Gasteiger partial charge in [-0.1, -0.05) is 46.8 Å². The minimum Gasteiger partial charge on any atom is -0.463 e. The van der Waals surface area contributed by atoms with E-state index >= 15 is 0 Å². The molecule has 4 aliphatic rings. The molecule has 0 radical (unpaired) electrons. The molecule has 0 amide bonds. The summed E-state index contributed by atoms with van der Waals surface area (Å²) in [6, 6.07) is 0. The molecule has 182 valence electrons. The van der Waals surface area contributed by atoms with Crippen molar-refractivity contribution in [3.63, 3.8) is 0 Å². The van der Waals surface area contributed by atoms with E-state index in [-0.39, 0.29) is 12.1 Å². The van der Waals surface area contributed by atoms with Gasteiger partial charge in [0.25, 0.3) is 0 Å². The summed E-state index contributed by atoms with van der Waals surface area (Å²) in [5, 5.41) is 0. The predicted molar refractivity (Wildman–Crippen MR) is 133 cm³/mol. The lowest BCUT2D eigenvalue weighted by Gasteiger charge is -2.56. The van der Waals surface area contributed by atoms with Crippen molar-refractivity contribution in [3.05, 3.63) is 12.2 Å². The van der Waals surface area contributed by atoms with Gasteiger partial charge in [0, 0.05) is 6.92 Å². The Balaban J connectivity index is 1.42. The van der Waals surface area contributed by atoms with Crippen LogP contribution in [-0.4, -0.2) is 12.1 Å². The molecule has 10 atom stereocenters. The van der Waals surface area contributed by atoms with Gasteiger partial charge < -0.3 is 4.74 Å².